The van der Waals surface area contributed by atoms with Crippen molar-refractivity contribution >= 4 is 41.4 Å². The van der Waals surface area contributed by atoms with Crippen LogP contribution in [0.3, 0.4) is 0 Å². The lowest BCUT2D eigenvalue weighted by atomic mass is 10.0. The second kappa shape index (κ2) is 14.7. The number of amides is 3. The first-order valence-electron chi connectivity index (χ1n) is 11.4. The Hall–Kier alpha value is -2.54. The zero-order chi connectivity index (χ0) is 25.8. The van der Waals surface area contributed by atoms with Gasteiger partial charge in [-0.15, -0.1) is 0 Å². The van der Waals surface area contributed by atoms with Crippen molar-refractivity contribution in [2.75, 3.05) is 25.1 Å². The van der Waals surface area contributed by atoms with E-state index < -0.39 is 47.9 Å². The summed E-state index contributed by atoms with van der Waals surface area (Å²) in [6.45, 7) is 4.22. The number of carbonyl (C=O) groups excluding carboxylic acids is 3. The maximum Gasteiger partial charge on any atom is 0.326 e. The fourth-order valence-corrected chi connectivity index (χ4v) is 4.16. The number of hydrogen-bond donors (Lipinski definition) is 6. The highest BCUT2D eigenvalue weighted by Crippen LogP contribution is 2.20. The van der Waals surface area contributed by atoms with E-state index in [0.29, 0.717) is 50.9 Å². The number of nitrogens with two attached hydrogens (primary N) is 3. The Bertz CT molecular complexity index is 745. The number of nitrogens with one attached hydrogen (secondary N) is 2. The van der Waals surface area contributed by atoms with Gasteiger partial charge in [0.05, 0.1) is 6.04 Å². The number of carboxylic acids is 1. The molecule has 1 aliphatic rings. The fraction of sp³-hybridized carbons (Fsp3) is 0.762. The second-order valence-corrected chi connectivity index (χ2v) is 9.64. The molecular weight excluding hydrogens is 462 g/mol. The van der Waals surface area contributed by atoms with E-state index >= 15 is 0 Å². The molecule has 194 valence electrons. The number of likely N-dealkylation sites (tertiary alicyclic amines) is 1. The predicted octanol–water partition coefficient (Wildman–Crippen LogP) is -1.18. The van der Waals surface area contributed by atoms with Gasteiger partial charge in [0, 0.05) is 13.1 Å². The van der Waals surface area contributed by atoms with E-state index in [-0.39, 0.29) is 11.9 Å². The minimum absolute atomic E-state index is 0.0382. The van der Waals surface area contributed by atoms with Gasteiger partial charge in [-0.1, -0.05) is 13.8 Å². The van der Waals surface area contributed by atoms with E-state index in [1.807, 2.05) is 6.26 Å². The lowest BCUT2D eigenvalue weighted by Gasteiger charge is -2.29. The van der Waals surface area contributed by atoms with Gasteiger partial charge in [-0.05, 0) is 50.0 Å². The zero-order valence-corrected chi connectivity index (χ0v) is 21.0. The molecule has 0 aromatic carbocycles. The summed E-state index contributed by atoms with van der Waals surface area (Å²) >= 11 is 1.52. The Balaban J connectivity index is 2.84. The molecule has 0 aromatic rings. The number of carboxylic acid groups (broad SMARTS) is 1. The number of nitrogens with zero attached hydrogens (tertiary/aromatic N) is 2. The van der Waals surface area contributed by atoms with Crippen LogP contribution in [0, 0.1) is 5.92 Å². The van der Waals surface area contributed by atoms with E-state index in [0.717, 1.165) is 0 Å². The van der Waals surface area contributed by atoms with Crippen LogP contribution >= 0.6 is 11.8 Å². The molecule has 13 heteroatoms. The van der Waals surface area contributed by atoms with Crippen LogP contribution in [0.25, 0.3) is 0 Å². The molecule has 0 radical (unpaired) electrons. The number of aliphatic carboxylic acids is 1. The average Bonchev–Trinajstić information content (AvgIpc) is 3.26. The quantitative estimate of drug-likeness (QED) is 0.0960. The number of thioether (sulfide) groups is 1. The summed E-state index contributed by atoms with van der Waals surface area (Å²) in [5, 5.41) is 14.8. The van der Waals surface area contributed by atoms with Crippen LogP contribution in [0.2, 0.25) is 0 Å². The second-order valence-electron chi connectivity index (χ2n) is 8.66. The third kappa shape index (κ3) is 9.37. The summed E-state index contributed by atoms with van der Waals surface area (Å²) in [5.74, 6) is -2.18. The van der Waals surface area contributed by atoms with E-state index in [1.165, 1.54) is 16.7 Å². The summed E-state index contributed by atoms with van der Waals surface area (Å²) in [6, 6.07) is -3.53. The van der Waals surface area contributed by atoms with Gasteiger partial charge in [0.1, 0.15) is 18.1 Å². The molecule has 0 saturated carbocycles. The van der Waals surface area contributed by atoms with E-state index in [2.05, 4.69) is 15.6 Å². The summed E-state index contributed by atoms with van der Waals surface area (Å²) < 4.78 is 0. The molecule has 1 aliphatic heterocycles. The highest BCUT2D eigenvalue weighted by Gasteiger charge is 2.38. The minimum atomic E-state index is -1.05. The van der Waals surface area contributed by atoms with Crippen molar-refractivity contribution in [3.63, 3.8) is 0 Å². The van der Waals surface area contributed by atoms with Crippen LogP contribution < -0.4 is 27.8 Å². The van der Waals surface area contributed by atoms with Crippen LogP contribution in [-0.2, 0) is 19.2 Å². The first kappa shape index (κ1) is 29.5. The number of carbonyl (C=O) groups is 4. The minimum Gasteiger partial charge on any atom is -0.480 e. The lowest BCUT2D eigenvalue weighted by Crippen LogP contribution is -2.58. The van der Waals surface area contributed by atoms with Crippen molar-refractivity contribution in [2.24, 2.45) is 28.1 Å². The van der Waals surface area contributed by atoms with Crippen molar-refractivity contribution in [1.82, 2.24) is 15.5 Å². The third-order valence-electron chi connectivity index (χ3n) is 5.60. The van der Waals surface area contributed by atoms with Crippen molar-refractivity contribution < 1.29 is 24.3 Å². The molecule has 0 aromatic heterocycles. The summed E-state index contributed by atoms with van der Waals surface area (Å²) in [6.07, 6.45) is 4.03. The van der Waals surface area contributed by atoms with Crippen LogP contribution in [0.5, 0.6) is 0 Å². The molecule has 1 fully saturated rings. The number of guanidine groups is 1. The Morgan fingerprint density at radius 3 is 2.38 bits per heavy atom. The van der Waals surface area contributed by atoms with Crippen molar-refractivity contribution in [3.8, 4) is 0 Å². The largest absolute Gasteiger partial charge is 0.480 e. The van der Waals surface area contributed by atoms with E-state index in [1.54, 1.807) is 13.8 Å². The van der Waals surface area contributed by atoms with Gasteiger partial charge < -0.3 is 37.8 Å². The molecule has 4 atom stereocenters. The highest BCUT2D eigenvalue weighted by molar-refractivity contribution is 7.98. The molecule has 1 rings (SSSR count). The third-order valence-corrected chi connectivity index (χ3v) is 6.24. The molecule has 0 spiro atoms. The summed E-state index contributed by atoms with van der Waals surface area (Å²) in [4.78, 5) is 55.5. The molecule has 4 unspecified atom stereocenters. The predicted molar refractivity (Wildman–Crippen MR) is 132 cm³/mol. The smallest absolute Gasteiger partial charge is 0.326 e. The van der Waals surface area contributed by atoms with Crippen LogP contribution in [0.1, 0.15) is 46.0 Å². The molecule has 9 N–H and O–H groups in total. The molecule has 12 nitrogen and oxygen atoms in total. The standard InChI is InChI=1S/C21H39N7O5S/c1-12(2)16(27-17(29)13(22)6-4-9-25-21(23)24)18(30)26-14(8-11-34-3)19(31)28-10-5-7-15(28)20(32)33/h12-16H,4-11,22H2,1-3H3,(H,26,30)(H,27,29)(H,32,33)(H4,23,24,25). The maximum atomic E-state index is 13.1. The van der Waals surface area contributed by atoms with Crippen molar-refractivity contribution in [1.29, 1.82) is 0 Å². The van der Waals surface area contributed by atoms with Gasteiger partial charge in [0.15, 0.2) is 5.96 Å². The van der Waals surface area contributed by atoms with Crippen LogP contribution in [0.4, 0.5) is 0 Å². The Kier molecular flexibility index (Phi) is 12.7. The number of aliphatic imine (C=N–C) groups is 1. The Morgan fingerprint density at radius 2 is 1.82 bits per heavy atom. The highest BCUT2D eigenvalue weighted by atomic mass is 32.2. The first-order valence-corrected chi connectivity index (χ1v) is 12.8. The van der Waals surface area contributed by atoms with Crippen molar-refractivity contribution in [2.45, 2.75) is 70.1 Å². The first-order chi connectivity index (χ1) is 16.0. The van der Waals surface area contributed by atoms with Crippen LogP contribution in [0.15, 0.2) is 4.99 Å². The summed E-state index contributed by atoms with van der Waals surface area (Å²) in [7, 11) is 0. The molecule has 0 aliphatic carbocycles. The summed E-state index contributed by atoms with van der Waals surface area (Å²) in [5.41, 5.74) is 16.5. The normalized spacial score (nSPS) is 18.1. The Morgan fingerprint density at radius 1 is 1.15 bits per heavy atom. The molecule has 1 heterocycles. The van der Waals surface area contributed by atoms with Gasteiger partial charge in [0.25, 0.3) is 0 Å². The molecule has 0 bridgehead atoms. The molecule has 1 saturated heterocycles. The van der Waals surface area contributed by atoms with E-state index in [9.17, 15) is 24.3 Å². The SMILES string of the molecule is CSCCC(NC(=O)C(NC(=O)C(N)CCCN=C(N)N)C(C)C)C(=O)N1CCCC1C(=O)O. The van der Waals surface area contributed by atoms with Gasteiger partial charge in [-0.2, -0.15) is 11.8 Å². The Labute approximate surface area is 204 Å². The van der Waals surface area contributed by atoms with Gasteiger partial charge in [-0.25, -0.2) is 4.79 Å². The maximum absolute atomic E-state index is 13.1. The lowest BCUT2D eigenvalue weighted by molar-refractivity contribution is -0.149. The number of rotatable bonds is 14. The van der Waals surface area contributed by atoms with E-state index in [4.69, 9.17) is 17.2 Å². The monoisotopic (exact) mass is 501 g/mol. The zero-order valence-electron chi connectivity index (χ0n) is 20.2. The van der Waals surface area contributed by atoms with Crippen molar-refractivity contribution in [3.05, 3.63) is 0 Å². The van der Waals surface area contributed by atoms with Gasteiger partial charge in [0.2, 0.25) is 17.7 Å². The number of hydrogen-bond acceptors (Lipinski definition) is 7. The molecule has 3 amide bonds. The topological polar surface area (TPSA) is 206 Å². The van der Waals surface area contributed by atoms with Gasteiger partial charge in [-0.3, -0.25) is 19.4 Å². The molecule has 34 heavy (non-hydrogen) atoms. The average molecular weight is 502 g/mol. The molecular formula is C21H39N7O5S. The van der Waals surface area contributed by atoms with Crippen LogP contribution in [-0.4, -0.2) is 88.9 Å². The van der Waals surface area contributed by atoms with Gasteiger partial charge >= 0.3 is 5.97 Å². The fourth-order valence-electron chi connectivity index (χ4n) is 3.69.